The molecule has 0 aromatic heterocycles. The third-order valence-corrected chi connectivity index (χ3v) is 5.72. The third kappa shape index (κ3) is 1.57. The summed E-state index contributed by atoms with van der Waals surface area (Å²) in [5, 5.41) is 29.1. The lowest BCUT2D eigenvalue weighted by molar-refractivity contribution is -0.00538. The van der Waals surface area contributed by atoms with Crippen molar-refractivity contribution in [2.45, 2.75) is 43.9 Å². The number of aromatic hydroxyl groups is 3. The molecular weight excluding hydrogens is 240 g/mol. The van der Waals surface area contributed by atoms with Crippen LogP contribution in [-0.2, 0) is 5.41 Å². The van der Waals surface area contributed by atoms with Gasteiger partial charge in [-0.1, -0.05) is 0 Å². The van der Waals surface area contributed by atoms with Crippen LogP contribution in [0.15, 0.2) is 12.1 Å². The largest absolute Gasteiger partial charge is 0.504 e. The molecule has 4 aliphatic carbocycles. The van der Waals surface area contributed by atoms with Crippen molar-refractivity contribution in [1.82, 2.24) is 0 Å². The van der Waals surface area contributed by atoms with Gasteiger partial charge in [-0.05, 0) is 79.4 Å². The van der Waals surface area contributed by atoms with Gasteiger partial charge in [-0.15, -0.1) is 0 Å². The molecule has 0 amide bonds. The molecule has 3 heteroatoms. The van der Waals surface area contributed by atoms with E-state index in [1.165, 1.54) is 38.5 Å². The molecule has 0 radical (unpaired) electrons. The maximum absolute atomic E-state index is 9.77. The summed E-state index contributed by atoms with van der Waals surface area (Å²) in [4.78, 5) is 0. The maximum atomic E-state index is 9.77. The first-order chi connectivity index (χ1) is 9.06. The van der Waals surface area contributed by atoms with Gasteiger partial charge in [0.15, 0.2) is 17.2 Å². The van der Waals surface area contributed by atoms with Crippen LogP contribution in [0.25, 0.3) is 0 Å². The molecule has 4 fully saturated rings. The van der Waals surface area contributed by atoms with E-state index in [0.717, 1.165) is 23.3 Å². The van der Waals surface area contributed by atoms with E-state index in [1.807, 2.05) is 0 Å². The SMILES string of the molecule is Oc1cc(C23CC4CC(CC(C4)C2)C3)cc(O)c1O. The monoisotopic (exact) mass is 260 g/mol. The van der Waals surface area contributed by atoms with Gasteiger partial charge in [0.2, 0.25) is 0 Å². The standard InChI is InChI=1S/C16H20O3/c17-13-4-12(5-14(18)15(13)19)16-6-9-1-10(7-16)3-11(2-9)8-16/h4-5,9-11,17-19H,1-3,6-8H2. The van der Waals surface area contributed by atoms with Crippen molar-refractivity contribution in [2.75, 3.05) is 0 Å². The topological polar surface area (TPSA) is 60.7 Å². The molecule has 0 aliphatic heterocycles. The zero-order chi connectivity index (χ0) is 13.2. The first-order valence-electron chi connectivity index (χ1n) is 7.31. The Labute approximate surface area is 112 Å². The van der Waals surface area contributed by atoms with Gasteiger partial charge >= 0.3 is 0 Å². The number of hydrogen-bond acceptors (Lipinski definition) is 3. The second-order valence-corrected chi connectivity index (χ2v) is 7.06. The fourth-order valence-electron chi connectivity index (χ4n) is 5.37. The van der Waals surface area contributed by atoms with Gasteiger partial charge in [0, 0.05) is 0 Å². The number of rotatable bonds is 1. The number of benzene rings is 1. The molecule has 0 saturated heterocycles. The van der Waals surface area contributed by atoms with Crippen LogP contribution in [0, 0.1) is 17.8 Å². The van der Waals surface area contributed by atoms with Crippen molar-refractivity contribution >= 4 is 0 Å². The predicted molar refractivity (Wildman–Crippen MR) is 71.3 cm³/mol. The number of phenols is 3. The van der Waals surface area contributed by atoms with E-state index in [0.29, 0.717) is 0 Å². The van der Waals surface area contributed by atoms with Gasteiger partial charge in [-0.25, -0.2) is 0 Å². The van der Waals surface area contributed by atoms with Gasteiger partial charge in [-0.2, -0.15) is 0 Å². The molecule has 0 atom stereocenters. The smallest absolute Gasteiger partial charge is 0.200 e. The molecule has 0 spiro atoms. The summed E-state index contributed by atoms with van der Waals surface area (Å²) >= 11 is 0. The second kappa shape index (κ2) is 3.59. The van der Waals surface area contributed by atoms with Crippen molar-refractivity contribution < 1.29 is 15.3 Å². The molecule has 0 unspecified atom stereocenters. The van der Waals surface area contributed by atoms with E-state index < -0.39 is 5.75 Å². The van der Waals surface area contributed by atoms with E-state index in [9.17, 15) is 15.3 Å². The second-order valence-electron chi connectivity index (χ2n) is 7.06. The minimum absolute atomic E-state index is 0.136. The molecule has 5 rings (SSSR count). The minimum atomic E-state index is -0.395. The summed E-state index contributed by atoms with van der Waals surface area (Å²) in [5.41, 5.74) is 1.16. The molecule has 0 heterocycles. The Morgan fingerprint density at radius 2 is 1.21 bits per heavy atom. The first kappa shape index (κ1) is 11.4. The van der Waals surface area contributed by atoms with E-state index in [-0.39, 0.29) is 16.9 Å². The van der Waals surface area contributed by atoms with Crippen molar-refractivity contribution in [1.29, 1.82) is 0 Å². The van der Waals surface area contributed by atoms with Crippen LogP contribution >= 0.6 is 0 Å². The summed E-state index contributed by atoms with van der Waals surface area (Å²) in [7, 11) is 0. The molecule has 3 N–H and O–H groups in total. The Morgan fingerprint density at radius 1 is 0.789 bits per heavy atom. The number of hydrogen-bond donors (Lipinski definition) is 3. The summed E-state index contributed by atoms with van der Waals surface area (Å²) < 4.78 is 0. The van der Waals surface area contributed by atoms with E-state index in [1.54, 1.807) is 12.1 Å². The average molecular weight is 260 g/mol. The van der Waals surface area contributed by atoms with Gasteiger partial charge in [0.05, 0.1) is 0 Å². The lowest BCUT2D eigenvalue weighted by atomic mass is 9.48. The Hall–Kier alpha value is -1.38. The van der Waals surface area contributed by atoms with Gasteiger partial charge < -0.3 is 15.3 Å². The minimum Gasteiger partial charge on any atom is -0.504 e. The Kier molecular flexibility index (Phi) is 2.16. The van der Waals surface area contributed by atoms with E-state index in [2.05, 4.69) is 0 Å². The molecule has 4 bridgehead atoms. The van der Waals surface area contributed by atoms with E-state index in [4.69, 9.17) is 0 Å². The third-order valence-electron chi connectivity index (χ3n) is 5.72. The molecule has 19 heavy (non-hydrogen) atoms. The molecule has 3 nitrogen and oxygen atoms in total. The lowest BCUT2D eigenvalue weighted by Gasteiger charge is -2.57. The normalized spacial score (nSPS) is 39.7. The first-order valence-corrected chi connectivity index (χ1v) is 7.31. The van der Waals surface area contributed by atoms with Gasteiger partial charge in [-0.3, -0.25) is 0 Å². The van der Waals surface area contributed by atoms with Crippen molar-refractivity contribution in [3.8, 4) is 17.2 Å². The maximum Gasteiger partial charge on any atom is 0.200 e. The summed E-state index contributed by atoms with van der Waals surface area (Å²) in [5.74, 6) is 1.70. The Morgan fingerprint density at radius 3 is 1.63 bits per heavy atom. The molecule has 1 aromatic rings. The summed E-state index contributed by atoms with van der Waals surface area (Å²) in [6.45, 7) is 0. The highest BCUT2D eigenvalue weighted by Crippen LogP contribution is 2.61. The zero-order valence-corrected chi connectivity index (χ0v) is 11.0. The highest BCUT2D eigenvalue weighted by molar-refractivity contribution is 5.53. The van der Waals surface area contributed by atoms with Crippen LogP contribution in [0.5, 0.6) is 17.2 Å². The van der Waals surface area contributed by atoms with Crippen LogP contribution < -0.4 is 0 Å². The van der Waals surface area contributed by atoms with Crippen LogP contribution in [0.2, 0.25) is 0 Å². The summed E-state index contributed by atoms with van der Waals surface area (Å²) in [6, 6.07) is 3.34. The Balaban J connectivity index is 1.79. The lowest BCUT2D eigenvalue weighted by Crippen LogP contribution is -2.48. The quantitative estimate of drug-likeness (QED) is 0.679. The molecule has 102 valence electrons. The number of phenolic OH excluding ortho intramolecular Hbond substituents is 3. The van der Waals surface area contributed by atoms with Crippen LogP contribution in [0.3, 0.4) is 0 Å². The highest BCUT2D eigenvalue weighted by atomic mass is 16.3. The Bertz CT molecular complexity index is 477. The van der Waals surface area contributed by atoms with E-state index >= 15 is 0 Å². The van der Waals surface area contributed by atoms with Crippen LogP contribution in [-0.4, -0.2) is 15.3 Å². The zero-order valence-electron chi connectivity index (χ0n) is 11.0. The predicted octanol–water partition coefficient (Wildman–Crippen LogP) is 3.27. The van der Waals surface area contributed by atoms with Crippen molar-refractivity contribution in [2.24, 2.45) is 17.8 Å². The molecule has 4 aliphatic rings. The van der Waals surface area contributed by atoms with Crippen LogP contribution in [0.4, 0.5) is 0 Å². The fraction of sp³-hybridized carbons (Fsp3) is 0.625. The molecule has 4 saturated carbocycles. The highest BCUT2D eigenvalue weighted by Gasteiger charge is 2.51. The van der Waals surface area contributed by atoms with Crippen molar-refractivity contribution in [3.63, 3.8) is 0 Å². The van der Waals surface area contributed by atoms with Crippen molar-refractivity contribution in [3.05, 3.63) is 17.7 Å². The molecule has 1 aromatic carbocycles. The molecular formula is C16H20O3. The fourth-order valence-corrected chi connectivity index (χ4v) is 5.37. The van der Waals surface area contributed by atoms with Crippen LogP contribution in [0.1, 0.15) is 44.1 Å². The summed E-state index contributed by atoms with van der Waals surface area (Å²) in [6.07, 6.45) is 7.66. The van der Waals surface area contributed by atoms with Gasteiger partial charge in [0.1, 0.15) is 0 Å². The van der Waals surface area contributed by atoms with Gasteiger partial charge in [0.25, 0.3) is 0 Å². The average Bonchev–Trinajstić information content (AvgIpc) is 2.33.